The number of benzene rings is 2. The van der Waals surface area contributed by atoms with Gasteiger partial charge in [-0.1, -0.05) is 37.1 Å². The van der Waals surface area contributed by atoms with E-state index in [9.17, 15) is 21.4 Å². The Morgan fingerprint density at radius 3 is 2.03 bits per heavy atom. The van der Waals surface area contributed by atoms with Gasteiger partial charge in [-0.2, -0.15) is 16.8 Å². The van der Waals surface area contributed by atoms with E-state index in [1.165, 1.54) is 18.2 Å². The molecule has 0 aromatic heterocycles. The van der Waals surface area contributed by atoms with Crippen LogP contribution in [0.4, 0.5) is 0 Å². The van der Waals surface area contributed by atoms with Crippen LogP contribution in [0.2, 0.25) is 0 Å². The molecule has 0 heterocycles. The summed E-state index contributed by atoms with van der Waals surface area (Å²) in [5.74, 6) is 0.0789. The molecule has 2 rings (SSSR count). The lowest BCUT2D eigenvalue weighted by Crippen LogP contribution is -2.15. The minimum atomic E-state index is -4.40. The molecule has 184 valence electrons. The smallest absolute Gasteiger partial charge is 0.298 e. The van der Waals surface area contributed by atoms with Crippen molar-refractivity contribution in [2.45, 2.75) is 36.5 Å². The maximum absolute atomic E-state index is 12.0. The standard InChI is InChI=1S/C22H30O9S2/c1-3-4-19-7-10-22(32(23,24)25)21(17-19)30-15-13-28-11-12-29-14-16-31-33(26,27)20-8-5-18(2)6-9-20/h5-10,17H,3-4,11-16H2,1-2H3,(H,23,24,25). The maximum atomic E-state index is 12.0. The molecule has 0 aliphatic rings. The van der Waals surface area contributed by atoms with Crippen molar-refractivity contribution < 1.29 is 39.8 Å². The van der Waals surface area contributed by atoms with Gasteiger partial charge in [-0.3, -0.25) is 8.74 Å². The van der Waals surface area contributed by atoms with Crippen molar-refractivity contribution in [3.8, 4) is 5.75 Å². The summed E-state index contributed by atoms with van der Waals surface area (Å²) >= 11 is 0. The summed E-state index contributed by atoms with van der Waals surface area (Å²) in [6, 6.07) is 10.9. The van der Waals surface area contributed by atoms with Crippen LogP contribution in [0, 0.1) is 6.92 Å². The average Bonchev–Trinajstić information content (AvgIpc) is 2.75. The van der Waals surface area contributed by atoms with E-state index in [4.69, 9.17) is 18.4 Å². The Hall–Kier alpha value is -2.02. The second-order valence-corrected chi connectivity index (χ2v) is 10.2. The lowest BCUT2D eigenvalue weighted by atomic mass is 10.1. The first-order valence-corrected chi connectivity index (χ1v) is 13.3. The summed E-state index contributed by atoms with van der Waals surface area (Å²) in [5, 5.41) is 0. The van der Waals surface area contributed by atoms with E-state index >= 15 is 0 Å². The molecule has 0 radical (unpaired) electrons. The molecule has 0 atom stereocenters. The van der Waals surface area contributed by atoms with Gasteiger partial charge in [-0.15, -0.1) is 0 Å². The van der Waals surface area contributed by atoms with Crippen molar-refractivity contribution in [1.29, 1.82) is 0 Å². The van der Waals surface area contributed by atoms with Crippen LogP contribution in [0.15, 0.2) is 52.3 Å². The van der Waals surface area contributed by atoms with Crippen LogP contribution in [0.25, 0.3) is 0 Å². The Balaban J connectivity index is 1.64. The van der Waals surface area contributed by atoms with Crippen LogP contribution in [-0.4, -0.2) is 61.0 Å². The van der Waals surface area contributed by atoms with Crippen LogP contribution in [0.5, 0.6) is 5.75 Å². The van der Waals surface area contributed by atoms with Crippen LogP contribution in [-0.2, 0) is 40.3 Å². The fraction of sp³-hybridized carbons (Fsp3) is 0.455. The van der Waals surface area contributed by atoms with E-state index in [-0.39, 0.29) is 55.2 Å². The Morgan fingerprint density at radius 2 is 1.42 bits per heavy atom. The molecule has 2 aromatic carbocycles. The Kier molecular flexibility index (Phi) is 10.7. The van der Waals surface area contributed by atoms with Gasteiger partial charge >= 0.3 is 0 Å². The van der Waals surface area contributed by atoms with Gasteiger partial charge < -0.3 is 14.2 Å². The number of hydrogen-bond acceptors (Lipinski definition) is 8. The molecule has 0 fully saturated rings. The predicted molar refractivity (Wildman–Crippen MR) is 122 cm³/mol. The minimum Gasteiger partial charge on any atom is -0.490 e. The van der Waals surface area contributed by atoms with Gasteiger partial charge in [0, 0.05) is 0 Å². The van der Waals surface area contributed by atoms with Crippen LogP contribution in [0.3, 0.4) is 0 Å². The molecule has 0 amide bonds. The van der Waals surface area contributed by atoms with Crippen molar-refractivity contribution in [3.63, 3.8) is 0 Å². The second-order valence-electron chi connectivity index (χ2n) is 7.17. The van der Waals surface area contributed by atoms with E-state index in [2.05, 4.69) is 0 Å². The maximum Gasteiger partial charge on any atom is 0.298 e. The zero-order valence-electron chi connectivity index (χ0n) is 18.7. The highest BCUT2D eigenvalue weighted by Gasteiger charge is 2.17. The molecule has 11 heteroatoms. The first-order chi connectivity index (χ1) is 15.6. The third kappa shape index (κ3) is 9.40. The third-order valence-electron chi connectivity index (χ3n) is 4.46. The van der Waals surface area contributed by atoms with Crippen molar-refractivity contribution in [1.82, 2.24) is 0 Å². The summed E-state index contributed by atoms with van der Waals surface area (Å²) in [7, 11) is -8.21. The van der Waals surface area contributed by atoms with Gasteiger partial charge in [-0.05, 0) is 43.2 Å². The van der Waals surface area contributed by atoms with Crippen molar-refractivity contribution in [2.75, 3.05) is 39.6 Å². The van der Waals surface area contributed by atoms with E-state index in [0.717, 1.165) is 24.0 Å². The van der Waals surface area contributed by atoms with Gasteiger partial charge in [0.2, 0.25) is 0 Å². The van der Waals surface area contributed by atoms with Gasteiger partial charge in [0.1, 0.15) is 17.3 Å². The number of rotatable bonds is 15. The van der Waals surface area contributed by atoms with Gasteiger partial charge in [0.25, 0.3) is 20.2 Å². The topological polar surface area (TPSA) is 125 Å². The van der Waals surface area contributed by atoms with Crippen molar-refractivity contribution >= 4 is 20.2 Å². The Morgan fingerprint density at radius 1 is 0.818 bits per heavy atom. The quantitative estimate of drug-likeness (QED) is 0.222. The van der Waals surface area contributed by atoms with Crippen molar-refractivity contribution in [3.05, 3.63) is 53.6 Å². The van der Waals surface area contributed by atoms with Gasteiger partial charge in [-0.25, -0.2) is 0 Å². The van der Waals surface area contributed by atoms with Gasteiger partial charge in [0.05, 0.1) is 37.9 Å². The minimum absolute atomic E-state index is 0.0763. The first kappa shape index (κ1) is 27.2. The molecule has 0 bridgehead atoms. The van der Waals surface area contributed by atoms with E-state index < -0.39 is 20.2 Å². The SMILES string of the molecule is CCCc1ccc(S(=O)(=O)O)c(OCCOCCOCCOS(=O)(=O)c2ccc(C)cc2)c1. The van der Waals surface area contributed by atoms with E-state index in [1.54, 1.807) is 24.3 Å². The fourth-order valence-corrected chi connectivity index (χ4v) is 4.34. The molecule has 0 spiro atoms. The lowest BCUT2D eigenvalue weighted by Gasteiger charge is -2.12. The fourth-order valence-electron chi connectivity index (χ4n) is 2.83. The van der Waals surface area contributed by atoms with E-state index in [0.29, 0.717) is 0 Å². The largest absolute Gasteiger partial charge is 0.490 e. The molecule has 1 N–H and O–H groups in total. The normalized spacial score (nSPS) is 12.1. The van der Waals surface area contributed by atoms with Crippen LogP contribution < -0.4 is 4.74 Å². The molecule has 0 saturated carbocycles. The molecule has 2 aromatic rings. The molecular formula is C22H30O9S2. The Labute approximate surface area is 195 Å². The third-order valence-corrected chi connectivity index (χ3v) is 6.68. The molecule has 0 aliphatic heterocycles. The summed E-state index contributed by atoms with van der Waals surface area (Å²) < 4.78 is 77.6. The van der Waals surface area contributed by atoms with E-state index in [1.807, 2.05) is 13.8 Å². The average molecular weight is 503 g/mol. The van der Waals surface area contributed by atoms with Crippen LogP contribution in [0.1, 0.15) is 24.5 Å². The second kappa shape index (κ2) is 13.0. The lowest BCUT2D eigenvalue weighted by molar-refractivity contribution is 0.0276. The predicted octanol–water partition coefficient (Wildman–Crippen LogP) is 3.01. The molecule has 0 aliphatic carbocycles. The monoisotopic (exact) mass is 502 g/mol. The summed E-state index contributed by atoms with van der Waals surface area (Å²) in [6.45, 7) is 4.52. The number of ether oxygens (including phenoxy) is 3. The summed E-state index contributed by atoms with van der Waals surface area (Å²) in [4.78, 5) is -0.194. The number of aryl methyl sites for hydroxylation is 2. The summed E-state index contributed by atoms with van der Waals surface area (Å²) in [5.41, 5.74) is 1.85. The molecule has 9 nitrogen and oxygen atoms in total. The molecule has 0 saturated heterocycles. The highest BCUT2D eigenvalue weighted by molar-refractivity contribution is 7.86. The van der Waals surface area contributed by atoms with Gasteiger partial charge in [0.15, 0.2) is 0 Å². The zero-order valence-corrected chi connectivity index (χ0v) is 20.4. The molecular weight excluding hydrogens is 472 g/mol. The zero-order chi connectivity index (χ0) is 24.3. The highest BCUT2D eigenvalue weighted by Crippen LogP contribution is 2.25. The molecule has 33 heavy (non-hydrogen) atoms. The van der Waals surface area contributed by atoms with Crippen molar-refractivity contribution in [2.24, 2.45) is 0 Å². The van der Waals surface area contributed by atoms with Crippen LogP contribution >= 0.6 is 0 Å². The summed E-state index contributed by atoms with van der Waals surface area (Å²) in [6.07, 6.45) is 1.64. The number of hydrogen-bond donors (Lipinski definition) is 1. The Bertz CT molecular complexity index is 1080. The highest BCUT2D eigenvalue weighted by atomic mass is 32.2. The molecule has 0 unspecified atom stereocenters. The first-order valence-electron chi connectivity index (χ1n) is 10.5.